The van der Waals surface area contributed by atoms with Crippen LogP contribution in [-0.2, 0) is 6.54 Å². The van der Waals surface area contributed by atoms with Crippen molar-refractivity contribution in [3.63, 3.8) is 0 Å². The third-order valence-electron chi connectivity index (χ3n) is 2.96. The van der Waals surface area contributed by atoms with Gasteiger partial charge in [-0.1, -0.05) is 27.5 Å². The molecule has 0 amide bonds. The molecule has 2 N–H and O–H groups in total. The molecule has 0 bridgehead atoms. The van der Waals surface area contributed by atoms with Gasteiger partial charge in [0.25, 0.3) is 0 Å². The average molecular weight is 341 g/mol. The van der Waals surface area contributed by atoms with Crippen LogP contribution in [0.2, 0.25) is 5.02 Å². The monoisotopic (exact) mass is 339 g/mol. The molecule has 2 aromatic rings. The van der Waals surface area contributed by atoms with E-state index < -0.39 is 0 Å². The number of hydrogen-bond donors (Lipinski definition) is 2. The minimum atomic E-state index is 0.252. The number of phenolic OH excluding ortho intramolecular Hbond substituents is 1. The van der Waals surface area contributed by atoms with Crippen LogP contribution in [0.5, 0.6) is 5.75 Å². The molecule has 0 saturated heterocycles. The van der Waals surface area contributed by atoms with Gasteiger partial charge in [-0.05, 0) is 55.3 Å². The predicted octanol–water partition coefficient (Wildman–Crippen LogP) is 5.04. The van der Waals surface area contributed by atoms with Gasteiger partial charge in [-0.2, -0.15) is 0 Å². The summed E-state index contributed by atoms with van der Waals surface area (Å²) in [5.74, 6) is 0.252. The SMILES string of the molecule is Cc1cc(NCc2cc(Cl)ccc2O)cc(C)c1Br. The molecule has 0 unspecified atom stereocenters. The zero-order valence-corrected chi connectivity index (χ0v) is 13.1. The summed E-state index contributed by atoms with van der Waals surface area (Å²) in [5, 5.41) is 13.7. The second-order valence-corrected chi connectivity index (χ2v) is 5.78. The molecule has 0 fully saturated rings. The number of anilines is 1. The first-order chi connectivity index (χ1) is 8.97. The molecule has 0 aliphatic rings. The van der Waals surface area contributed by atoms with Crippen LogP contribution in [0, 0.1) is 13.8 Å². The summed E-state index contributed by atoms with van der Waals surface area (Å²) in [6, 6.07) is 9.19. The maximum atomic E-state index is 9.76. The van der Waals surface area contributed by atoms with Crippen molar-refractivity contribution < 1.29 is 5.11 Å². The zero-order chi connectivity index (χ0) is 14.0. The van der Waals surface area contributed by atoms with E-state index in [0.717, 1.165) is 15.7 Å². The normalized spacial score (nSPS) is 10.5. The minimum absolute atomic E-state index is 0.252. The lowest BCUT2D eigenvalue weighted by Gasteiger charge is -2.11. The molecule has 0 saturated carbocycles. The standard InChI is InChI=1S/C15H15BrClNO/c1-9-5-13(6-10(2)15(9)16)18-8-11-7-12(17)3-4-14(11)19/h3-7,18-19H,8H2,1-2H3. The number of phenols is 1. The van der Waals surface area contributed by atoms with Crippen molar-refractivity contribution in [1.82, 2.24) is 0 Å². The molecule has 4 heteroatoms. The Balaban J connectivity index is 2.17. The molecule has 0 aliphatic carbocycles. The molecule has 19 heavy (non-hydrogen) atoms. The molecular weight excluding hydrogens is 326 g/mol. The third kappa shape index (κ3) is 3.43. The van der Waals surface area contributed by atoms with Gasteiger partial charge in [0.05, 0.1) is 0 Å². The number of hydrogen-bond acceptors (Lipinski definition) is 2. The second kappa shape index (κ2) is 5.85. The van der Waals surface area contributed by atoms with Crippen molar-refractivity contribution in [2.24, 2.45) is 0 Å². The topological polar surface area (TPSA) is 32.3 Å². The molecule has 2 nitrogen and oxygen atoms in total. The highest BCUT2D eigenvalue weighted by Gasteiger charge is 2.05. The molecule has 0 heterocycles. The van der Waals surface area contributed by atoms with Crippen molar-refractivity contribution in [1.29, 1.82) is 0 Å². The van der Waals surface area contributed by atoms with Crippen LogP contribution in [0.3, 0.4) is 0 Å². The van der Waals surface area contributed by atoms with Gasteiger partial charge in [-0.25, -0.2) is 0 Å². The fourth-order valence-corrected chi connectivity index (χ4v) is 2.36. The van der Waals surface area contributed by atoms with E-state index >= 15 is 0 Å². The van der Waals surface area contributed by atoms with Gasteiger partial charge in [0.2, 0.25) is 0 Å². The van der Waals surface area contributed by atoms with Crippen molar-refractivity contribution in [3.05, 3.63) is 56.5 Å². The summed E-state index contributed by atoms with van der Waals surface area (Å²) in [6.07, 6.45) is 0. The van der Waals surface area contributed by atoms with E-state index in [4.69, 9.17) is 11.6 Å². The highest BCUT2D eigenvalue weighted by Crippen LogP contribution is 2.26. The minimum Gasteiger partial charge on any atom is -0.508 e. The van der Waals surface area contributed by atoms with Crippen molar-refractivity contribution in [2.45, 2.75) is 20.4 Å². The number of aryl methyl sites for hydroxylation is 2. The van der Waals surface area contributed by atoms with Gasteiger partial charge in [0.1, 0.15) is 5.75 Å². The van der Waals surface area contributed by atoms with E-state index in [1.165, 1.54) is 11.1 Å². The van der Waals surface area contributed by atoms with Crippen LogP contribution in [0.1, 0.15) is 16.7 Å². The van der Waals surface area contributed by atoms with E-state index in [1.807, 2.05) is 0 Å². The number of nitrogens with one attached hydrogen (secondary N) is 1. The summed E-state index contributed by atoms with van der Waals surface area (Å²) >= 11 is 9.47. The Morgan fingerprint density at radius 2 is 1.79 bits per heavy atom. The largest absolute Gasteiger partial charge is 0.508 e. The molecule has 2 rings (SSSR count). The molecule has 0 spiro atoms. The summed E-state index contributed by atoms with van der Waals surface area (Å²) in [6.45, 7) is 4.64. The van der Waals surface area contributed by atoms with Crippen LogP contribution in [0.4, 0.5) is 5.69 Å². The summed E-state index contributed by atoms with van der Waals surface area (Å²) in [5.41, 5.74) is 4.17. The molecular formula is C15H15BrClNO. The zero-order valence-electron chi connectivity index (χ0n) is 10.8. The third-order valence-corrected chi connectivity index (χ3v) is 4.45. The molecule has 0 aromatic heterocycles. The number of rotatable bonds is 3. The van der Waals surface area contributed by atoms with Gasteiger partial charge in [0, 0.05) is 27.3 Å². The fraction of sp³-hybridized carbons (Fsp3) is 0.200. The lowest BCUT2D eigenvalue weighted by Crippen LogP contribution is -2.00. The molecule has 0 atom stereocenters. The van der Waals surface area contributed by atoms with Crippen LogP contribution in [0.15, 0.2) is 34.8 Å². The number of benzene rings is 2. The Morgan fingerprint density at radius 3 is 2.42 bits per heavy atom. The maximum Gasteiger partial charge on any atom is 0.120 e. The smallest absolute Gasteiger partial charge is 0.120 e. The molecule has 2 aromatic carbocycles. The van der Waals surface area contributed by atoms with Crippen LogP contribution in [-0.4, -0.2) is 5.11 Å². The highest BCUT2D eigenvalue weighted by molar-refractivity contribution is 9.10. The van der Waals surface area contributed by atoms with Crippen molar-refractivity contribution in [2.75, 3.05) is 5.32 Å². The molecule has 100 valence electrons. The van der Waals surface area contributed by atoms with Crippen LogP contribution in [0.25, 0.3) is 0 Å². The van der Waals surface area contributed by atoms with Crippen LogP contribution < -0.4 is 5.32 Å². The van der Waals surface area contributed by atoms with E-state index in [0.29, 0.717) is 11.6 Å². The van der Waals surface area contributed by atoms with Gasteiger partial charge in [-0.3, -0.25) is 0 Å². The molecule has 0 radical (unpaired) electrons. The van der Waals surface area contributed by atoms with Gasteiger partial charge < -0.3 is 10.4 Å². The van der Waals surface area contributed by atoms with Gasteiger partial charge >= 0.3 is 0 Å². The van der Waals surface area contributed by atoms with Crippen molar-refractivity contribution >= 4 is 33.2 Å². The predicted molar refractivity (Wildman–Crippen MR) is 84.1 cm³/mol. The first-order valence-corrected chi connectivity index (χ1v) is 7.12. The van der Waals surface area contributed by atoms with Gasteiger partial charge in [-0.15, -0.1) is 0 Å². The average Bonchev–Trinajstić information content (AvgIpc) is 2.37. The fourth-order valence-electron chi connectivity index (χ4n) is 1.94. The molecule has 0 aliphatic heterocycles. The van der Waals surface area contributed by atoms with E-state index in [1.54, 1.807) is 18.2 Å². The Morgan fingerprint density at radius 1 is 1.16 bits per heavy atom. The van der Waals surface area contributed by atoms with Gasteiger partial charge in [0.15, 0.2) is 0 Å². The van der Waals surface area contributed by atoms with E-state index in [9.17, 15) is 5.11 Å². The number of halogens is 2. The Labute approximate surface area is 126 Å². The lowest BCUT2D eigenvalue weighted by atomic mass is 10.1. The Bertz CT molecular complexity index is 590. The second-order valence-electron chi connectivity index (χ2n) is 4.55. The first kappa shape index (κ1) is 14.2. The van der Waals surface area contributed by atoms with Crippen LogP contribution >= 0.6 is 27.5 Å². The van der Waals surface area contributed by atoms with Crippen molar-refractivity contribution in [3.8, 4) is 5.75 Å². The van der Waals surface area contributed by atoms with E-state index in [2.05, 4.69) is 47.2 Å². The number of aromatic hydroxyl groups is 1. The first-order valence-electron chi connectivity index (χ1n) is 5.95. The van der Waals surface area contributed by atoms with E-state index in [-0.39, 0.29) is 5.75 Å². The summed E-state index contributed by atoms with van der Waals surface area (Å²) < 4.78 is 1.13. The Kier molecular flexibility index (Phi) is 4.38. The lowest BCUT2D eigenvalue weighted by molar-refractivity contribution is 0.469. The highest BCUT2D eigenvalue weighted by atomic mass is 79.9. The maximum absolute atomic E-state index is 9.76. The quantitative estimate of drug-likeness (QED) is 0.820. The Hall–Kier alpha value is -1.19. The summed E-state index contributed by atoms with van der Waals surface area (Å²) in [4.78, 5) is 0. The summed E-state index contributed by atoms with van der Waals surface area (Å²) in [7, 11) is 0.